The summed E-state index contributed by atoms with van der Waals surface area (Å²) in [6.45, 7) is 6.93. The number of esters is 3. The molecule has 0 radical (unpaired) electrons. The first kappa shape index (κ1) is 15.6. The van der Waals surface area contributed by atoms with E-state index in [4.69, 9.17) is 4.74 Å². The second-order valence-electron chi connectivity index (χ2n) is 4.14. The molecular formula is C15H16O5. The number of carbonyl (C=O) groups excluding carboxylic acids is 3. The molecule has 0 saturated carbocycles. The molecule has 0 saturated heterocycles. The SMILES string of the molecule is C=C(C)C(=O)OC(=O)c1ccccc1C(=O)OCCC. The zero-order valence-corrected chi connectivity index (χ0v) is 11.5. The van der Waals surface area contributed by atoms with Gasteiger partial charge < -0.3 is 9.47 Å². The van der Waals surface area contributed by atoms with Crippen LogP contribution in [0.5, 0.6) is 0 Å². The van der Waals surface area contributed by atoms with Gasteiger partial charge in [-0.15, -0.1) is 0 Å². The quantitative estimate of drug-likeness (QED) is 0.469. The molecule has 0 bridgehead atoms. The topological polar surface area (TPSA) is 69.7 Å². The fraction of sp³-hybridized carbons (Fsp3) is 0.267. The zero-order valence-electron chi connectivity index (χ0n) is 11.5. The minimum Gasteiger partial charge on any atom is -0.462 e. The van der Waals surface area contributed by atoms with Crippen molar-refractivity contribution in [3.63, 3.8) is 0 Å². The monoisotopic (exact) mass is 276 g/mol. The fourth-order valence-corrected chi connectivity index (χ4v) is 1.34. The first-order valence-corrected chi connectivity index (χ1v) is 6.15. The van der Waals surface area contributed by atoms with Crippen LogP contribution in [-0.2, 0) is 14.3 Å². The molecule has 0 amide bonds. The van der Waals surface area contributed by atoms with Gasteiger partial charge in [0.1, 0.15) is 0 Å². The highest BCUT2D eigenvalue weighted by Gasteiger charge is 2.21. The van der Waals surface area contributed by atoms with Gasteiger partial charge in [0.2, 0.25) is 0 Å². The Morgan fingerprint density at radius 2 is 1.65 bits per heavy atom. The summed E-state index contributed by atoms with van der Waals surface area (Å²) >= 11 is 0. The number of hydrogen-bond acceptors (Lipinski definition) is 5. The average Bonchev–Trinajstić information content (AvgIpc) is 2.44. The molecule has 0 fully saturated rings. The molecule has 0 atom stereocenters. The van der Waals surface area contributed by atoms with Crippen LogP contribution in [0, 0.1) is 0 Å². The van der Waals surface area contributed by atoms with Gasteiger partial charge in [-0.25, -0.2) is 14.4 Å². The number of benzene rings is 1. The summed E-state index contributed by atoms with van der Waals surface area (Å²) in [5, 5.41) is 0. The third-order valence-corrected chi connectivity index (χ3v) is 2.34. The normalized spacial score (nSPS) is 9.70. The number of hydrogen-bond donors (Lipinski definition) is 0. The molecule has 0 unspecified atom stereocenters. The maximum absolute atomic E-state index is 11.9. The smallest absolute Gasteiger partial charge is 0.346 e. The molecule has 5 nitrogen and oxygen atoms in total. The Hall–Kier alpha value is -2.43. The molecular weight excluding hydrogens is 260 g/mol. The molecule has 0 aliphatic heterocycles. The second-order valence-corrected chi connectivity index (χ2v) is 4.14. The highest BCUT2D eigenvalue weighted by atomic mass is 16.6. The largest absolute Gasteiger partial charge is 0.462 e. The number of rotatable bonds is 5. The Morgan fingerprint density at radius 3 is 2.15 bits per heavy atom. The van der Waals surface area contributed by atoms with Gasteiger partial charge in [-0.1, -0.05) is 25.6 Å². The molecule has 5 heteroatoms. The minimum absolute atomic E-state index is 0.0109. The van der Waals surface area contributed by atoms with Gasteiger partial charge >= 0.3 is 17.9 Å². The van der Waals surface area contributed by atoms with E-state index < -0.39 is 17.9 Å². The van der Waals surface area contributed by atoms with Gasteiger partial charge in [-0.05, 0) is 25.5 Å². The van der Waals surface area contributed by atoms with Crippen molar-refractivity contribution in [2.24, 2.45) is 0 Å². The van der Waals surface area contributed by atoms with Crippen LogP contribution in [0.3, 0.4) is 0 Å². The Balaban J connectivity index is 2.95. The summed E-state index contributed by atoms with van der Waals surface area (Å²) in [7, 11) is 0. The summed E-state index contributed by atoms with van der Waals surface area (Å²) in [4.78, 5) is 35.0. The molecule has 20 heavy (non-hydrogen) atoms. The summed E-state index contributed by atoms with van der Waals surface area (Å²) in [6, 6.07) is 6.01. The summed E-state index contributed by atoms with van der Waals surface area (Å²) in [6.07, 6.45) is 0.673. The van der Waals surface area contributed by atoms with Crippen molar-refractivity contribution in [1.29, 1.82) is 0 Å². The number of carbonyl (C=O) groups is 3. The molecule has 0 aromatic heterocycles. The van der Waals surface area contributed by atoms with E-state index in [1.165, 1.54) is 19.1 Å². The highest BCUT2D eigenvalue weighted by Crippen LogP contribution is 2.13. The van der Waals surface area contributed by atoms with E-state index in [9.17, 15) is 14.4 Å². The molecule has 0 N–H and O–H groups in total. The van der Waals surface area contributed by atoms with Crippen LogP contribution in [0.1, 0.15) is 41.0 Å². The third-order valence-electron chi connectivity index (χ3n) is 2.34. The summed E-state index contributed by atoms with van der Waals surface area (Å²) in [5.74, 6) is -2.35. The number of ether oxygens (including phenoxy) is 2. The lowest BCUT2D eigenvalue weighted by molar-refractivity contribution is -0.133. The van der Waals surface area contributed by atoms with Gasteiger partial charge in [0.15, 0.2) is 0 Å². The van der Waals surface area contributed by atoms with E-state index in [2.05, 4.69) is 11.3 Å². The molecule has 106 valence electrons. The summed E-state index contributed by atoms with van der Waals surface area (Å²) in [5.41, 5.74) is 0.160. The van der Waals surface area contributed by atoms with Gasteiger partial charge in [0.05, 0.1) is 17.7 Å². The van der Waals surface area contributed by atoms with E-state index in [0.717, 1.165) is 0 Å². The molecule has 0 aliphatic carbocycles. The Labute approximate surface area is 117 Å². The maximum atomic E-state index is 11.9. The van der Waals surface area contributed by atoms with Crippen LogP contribution in [0.25, 0.3) is 0 Å². The van der Waals surface area contributed by atoms with Crippen LogP contribution in [-0.4, -0.2) is 24.5 Å². The van der Waals surface area contributed by atoms with E-state index in [1.54, 1.807) is 12.1 Å². The predicted octanol–water partition coefficient (Wildman–Crippen LogP) is 2.51. The van der Waals surface area contributed by atoms with E-state index in [-0.39, 0.29) is 23.3 Å². The predicted molar refractivity (Wildman–Crippen MR) is 72.3 cm³/mol. The van der Waals surface area contributed by atoms with Crippen molar-refractivity contribution in [2.75, 3.05) is 6.61 Å². The zero-order chi connectivity index (χ0) is 15.1. The molecule has 0 heterocycles. The Kier molecular flexibility index (Phi) is 5.65. The third kappa shape index (κ3) is 4.05. The van der Waals surface area contributed by atoms with Crippen molar-refractivity contribution in [3.05, 3.63) is 47.5 Å². The Morgan fingerprint density at radius 1 is 1.10 bits per heavy atom. The van der Waals surface area contributed by atoms with E-state index in [1.807, 2.05) is 6.92 Å². The maximum Gasteiger partial charge on any atom is 0.346 e. The lowest BCUT2D eigenvalue weighted by atomic mass is 10.1. The van der Waals surface area contributed by atoms with Crippen molar-refractivity contribution < 1.29 is 23.9 Å². The van der Waals surface area contributed by atoms with E-state index >= 15 is 0 Å². The molecule has 0 aliphatic rings. The van der Waals surface area contributed by atoms with E-state index in [0.29, 0.717) is 6.42 Å². The first-order chi connectivity index (χ1) is 9.47. The van der Waals surface area contributed by atoms with Crippen LogP contribution >= 0.6 is 0 Å². The van der Waals surface area contributed by atoms with Gasteiger partial charge in [-0.2, -0.15) is 0 Å². The summed E-state index contributed by atoms with van der Waals surface area (Å²) < 4.78 is 9.58. The minimum atomic E-state index is -0.901. The van der Waals surface area contributed by atoms with Gasteiger partial charge in [0.25, 0.3) is 0 Å². The Bertz CT molecular complexity index is 545. The van der Waals surface area contributed by atoms with Crippen molar-refractivity contribution in [3.8, 4) is 0 Å². The highest BCUT2D eigenvalue weighted by molar-refractivity contribution is 6.07. The first-order valence-electron chi connectivity index (χ1n) is 6.15. The van der Waals surface area contributed by atoms with Crippen LogP contribution < -0.4 is 0 Å². The van der Waals surface area contributed by atoms with Crippen LogP contribution in [0.15, 0.2) is 36.4 Å². The fourth-order valence-electron chi connectivity index (χ4n) is 1.34. The lowest BCUT2D eigenvalue weighted by Gasteiger charge is -2.08. The van der Waals surface area contributed by atoms with Gasteiger partial charge in [0, 0.05) is 5.57 Å². The molecule has 1 aromatic carbocycles. The second kappa shape index (κ2) is 7.23. The standard InChI is InChI=1S/C15H16O5/c1-4-9-19-14(17)11-7-5-6-8-12(11)15(18)20-13(16)10(2)3/h5-8H,2,4,9H2,1,3H3. The van der Waals surface area contributed by atoms with Gasteiger partial charge in [-0.3, -0.25) is 0 Å². The molecule has 1 rings (SSSR count). The molecule has 0 spiro atoms. The average molecular weight is 276 g/mol. The van der Waals surface area contributed by atoms with Crippen LogP contribution in [0.2, 0.25) is 0 Å². The molecule has 1 aromatic rings. The van der Waals surface area contributed by atoms with Crippen molar-refractivity contribution in [2.45, 2.75) is 20.3 Å². The lowest BCUT2D eigenvalue weighted by Crippen LogP contribution is -2.17. The van der Waals surface area contributed by atoms with Crippen molar-refractivity contribution in [1.82, 2.24) is 0 Å². The van der Waals surface area contributed by atoms with Crippen molar-refractivity contribution >= 4 is 17.9 Å². The van der Waals surface area contributed by atoms with Crippen LogP contribution in [0.4, 0.5) is 0 Å².